The highest BCUT2D eigenvalue weighted by atomic mass is 35.5. The molecule has 1 N–H and O–H groups in total. The van der Waals surface area contributed by atoms with Crippen molar-refractivity contribution in [3.63, 3.8) is 0 Å². The fourth-order valence-corrected chi connectivity index (χ4v) is 4.80. The first-order chi connectivity index (χ1) is 13.6. The topological polar surface area (TPSA) is 76.3 Å². The lowest BCUT2D eigenvalue weighted by molar-refractivity contribution is -0.123. The third-order valence-electron chi connectivity index (χ3n) is 4.98. The zero-order valence-corrected chi connectivity index (χ0v) is 16.9. The van der Waals surface area contributed by atoms with E-state index in [1.807, 2.05) is 12.1 Å². The quantitative estimate of drug-likeness (QED) is 0.522. The highest BCUT2D eigenvalue weighted by Crippen LogP contribution is 2.33. The number of nitrogens with zero attached hydrogens (tertiary/aromatic N) is 3. The van der Waals surface area contributed by atoms with E-state index in [4.69, 9.17) is 11.6 Å². The van der Waals surface area contributed by atoms with Gasteiger partial charge in [0.1, 0.15) is 10.9 Å². The molecule has 1 unspecified atom stereocenters. The summed E-state index contributed by atoms with van der Waals surface area (Å²) in [6, 6.07) is 6.46. The molecule has 4 rings (SSSR count). The Morgan fingerprint density at radius 2 is 2.14 bits per heavy atom. The van der Waals surface area contributed by atoms with E-state index in [-0.39, 0.29) is 5.56 Å². The van der Waals surface area contributed by atoms with Crippen LogP contribution < -0.4 is 11.0 Å². The number of thiophene rings is 1. The Hall–Kier alpha value is -2.51. The van der Waals surface area contributed by atoms with Crippen LogP contribution in [0.3, 0.4) is 0 Å². The highest BCUT2D eigenvalue weighted by molar-refractivity contribution is 7.18. The predicted molar refractivity (Wildman–Crippen MR) is 112 cm³/mol. The monoisotopic (exact) mass is 414 g/mol. The van der Waals surface area contributed by atoms with Gasteiger partial charge in [0.05, 0.1) is 17.9 Å². The molecule has 0 bridgehead atoms. The van der Waals surface area contributed by atoms with E-state index < -0.39 is 11.9 Å². The van der Waals surface area contributed by atoms with Gasteiger partial charge in [-0.3, -0.25) is 14.2 Å². The maximum Gasteiger partial charge on any atom is 0.263 e. The molecule has 0 saturated heterocycles. The summed E-state index contributed by atoms with van der Waals surface area (Å²) in [5.41, 5.74) is 4.12. The van der Waals surface area contributed by atoms with Crippen LogP contribution in [0.4, 0.5) is 0 Å². The predicted octanol–water partition coefficient (Wildman–Crippen LogP) is 3.70. The van der Waals surface area contributed by atoms with Crippen molar-refractivity contribution in [1.29, 1.82) is 0 Å². The smallest absolute Gasteiger partial charge is 0.263 e. The fraction of sp³-hybridized carbons (Fsp3) is 0.300. The lowest BCUT2D eigenvalue weighted by atomic mass is 9.97. The number of aromatic nitrogens is 2. The molecule has 1 aromatic carbocycles. The number of hydrogen-bond acceptors (Lipinski definition) is 5. The molecule has 0 saturated carbocycles. The van der Waals surface area contributed by atoms with E-state index in [1.165, 1.54) is 22.0 Å². The Kier molecular flexibility index (Phi) is 5.28. The van der Waals surface area contributed by atoms with Crippen molar-refractivity contribution < 1.29 is 4.79 Å². The molecular formula is C20H19ClN4O2S. The van der Waals surface area contributed by atoms with Crippen molar-refractivity contribution in [3.05, 3.63) is 62.0 Å². The van der Waals surface area contributed by atoms with E-state index in [2.05, 4.69) is 15.5 Å². The molecule has 1 aliphatic carbocycles. The number of hydrogen-bond donors (Lipinski definition) is 1. The van der Waals surface area contributed by atoms with Gasteiger partial charge in [0, 0.05) is 15.5 Å². The summed E-state index contributed by atoms with van der Waals surface area (Å²) in [6.07, 6.45) is 7.07. The summed E-state index contributed by atoms with van der Waals surface area (Å²) >= 11 is 7.66. The van der Waals surface area contributed by atoms with Gasteiger partial charge in [0.2, 0.25) is 0 Å². The average Bonchev–Trinajstić information content (AvgIpc) is 3.08. The largest absolute Gasteiger partial charge is 0.286 e. The first-order valence-electron chi connectivity index (χ1n) is 9.15. The van der Waals surface area contributed by atoms with Gasteiger partial charge in [-0.2, -0.15) is 5.10 Å². The van der Waals surface area contributed by atoms with Gasteiger partial charge < -0.3 is 0 Å². The average molecular weight is 415 g/mol. The summed E-state index contributed by atoms with van der Waals surface area (Å²) in [5, 5.41) is 5.17. The Balaban J connectivity index is 1.57. The number of benzene rings is 1. The number of fused-ring (bicyclic) bond motifs is 3. The number of carbonyl (C=O) groups is 1. The molecule has 1 aliphatic rings. The van der Waals surface area contributed by atoms with Gasteiger partial charge in [-0.15, -0.1) is 11.3 Å². The van der Waals surface area contributed by atoms with Crippen molar-refractivity contribution in [2.24, 2.45) is 5.10 Å². The van der Waals surface area contributed by atoms with Gasteiger partial charge in [0.15, 0.2) is 0 Å². The van der Waals surface area contributed by atoms with Crippen molar-refractivity contribution >= 4 is 45.3 Å². The van der Waals surface area contributed by atoms with E-state index in [0.717, 1.165) is 36.1 Å². The molecule has 1 amide bonds. The molecule has 6 nitrogen and oxygen atoms in total. The molecule has 1 atom stereocenters. The molecule has 0 radical (unpaired) electrons. The van der Waals surface area contributed by atoms with Gasteiger partial charge in [-0.1, -0.05) is 29.8 Å². The van der Waals surface area contributed by atoms with E-state index in [1.54, 1.807) is 30.4 Å². The van der Waals surface area contributed by atoms with Crippen LogP contribution >= 0.6 is 22.9 Å². The van der Waals surface area contributed by atoms with Crippen molar-refractivity contribution in [2.45, 2.75) is 38.6 Å². The van der Waals surface area contributed by atoms with Gasteiger partial charge in [-0.05, 0) is 44.2 Å². The second-order valence-electron chi connectivity index (χ2n) is 6.78. The van der Waals surface area contributed by atoms with Crippen LogP contribution in [-0.2, 0) is 17.6 Å². The van der Waals surface area contributed by atoms with Crippen molar-refractivity contribution in [3.8, 4) is 0 Å². The number of aryl methyl sites for hydroxylation is 2. The van der Waals surface area contributed by atoms with Crippen LogP contribution in [-0.4, -0.2) is 21.7 Å². The Morgan fingerprint density at radius 1 is 1.36 bits per heavy atom. The number of carbonyl (C=O) groups excluding carboxylic acids is 1. The third kappa shape index (κ3) is 3.47. The van der Waals surface area contributed by atoms with Gasteiger partial charge in [-0.25, -0.2) is 10.4 Å². The Morgan fingerprint density at radius 3 is 2.96 bits per heavy atom. The van der Waals surface area contributed by atoms with Crippen LogP contribution in [0.5, 0.6) is 0 Å². The molecular weight excluding hydrogens is 396 g/mol. The van der Waals surface area contributed by atoms with Crippen LogP contribution in [0.25, 0.3) is 10.2 Å². The number of hydrazone groups is 1. The Bertz CT molecular complexity index is 1130. The minimum atomic E-state index is -0.730. The number of amides is 1. The number of nitrogens with one attached hydrogen (secondary N) is 1. The third-order valence-corrected chi connectivity index (χ3v) is 6.52. The SMILES string of the molecule is CC(C(=O)N/N=C\c1ccccc1Cl)n1cnc2sc3c(c2c1=O)CCCC3. The first kappa shape index (κ1) is 18.8. The van der Waals surface area contributed by atoms with Crippen LogP contribution in [0.15, 0.2) is 40.5 Å². The molecule has 3 aromatic rings. The molecule has 8 heteroatoms. The summed E-state index contributed by atoms with van der Waals surface area (Å²) in [4.78, 5) is 32.0. The van der Waals surface area contributed by atoms with Gasteiger partial charge >= 0.3 is 0 Å². The highest BCUT2D eigenvalue weighted by Gasteiger charge is 2.23. The van der Waals surface area contributed by atoms with E-state index in [0.29, 0.717) is 16.0 Å². The fourth-order valence-electron chi connectivity index (χ4n) is 3.40. The second-order valence-corrected chi connectivity index (χ2v) is 8.27. The molecule has 2 heterocycles. The Labute approximate surface area is 170 Å². The molecule has 2 aromatic heterocycles. The lowest BCUT2D eigenvalue weighted by Crippen LogP contribution is -2.34. The summed E-state index contributed by atoms with van der Waals surface area (Å²) in [7, 11) is 0. The lowest BCUT2D eigenvalue weighted by Gasteiger charge is -2.14. The second kappa shape index (κ2) is 7.85. The zero-order valence-electron chi connectivity index (χ0n) is 15.3. The molecule has 0 aliphatic heterocycles. The summed E-state index contributed by atoms with van der Waals surface area (Å²) in [6.45, 7) is 1.66. The van der Waals surface area contributed by atoms with Crippen LogP contribution in [0.1, 0.15) is 41.8 Å². The van der Waals surface area contributed by atoms with Gasteiger partial charge in [0.25, 0.3) is 11.5 Å². The molecule has 0 fully saturated rings. The normalized spacial score (nSPS) is 14.9. The van der Waals surface area contributed by atoms with Crippen LogP contribution in [0, 0.1) is 0 Å². The molecule has 0 spiro atoms. The first-order valence-corrected chi connectivity index (χ1v) is 10.3. The van der Waals surface area contributed by atoms with Crippen molar-refractivity contribution in [1.82, 2.24) is 15.0 Å². The minimum Gasteiger partial charge on any atom is -0.286 e. The summed E-state index contributed by atoms with van der Waals surface area (Å²) < 4.78 is 1.38. The maximum absolute atomic E-state index is 13.0. The van der Waals surface area contributed by atoms with E-state index in [9.17, 15) is 9.59 Å². The number of rotatable bonds is 4. The van der Waals surface area contributed by atoms with E-state index >= 15 is 0 Å². The maximum atomic E-state index is 13.0. The number of halogens is 1. The minimum absolute atomic E-state index is 0.165. The van der Waals surface area contributed by atoms with Crippen LogP contribution in [0.2, 0.25) is 5.02 Å². The molecule has 28 heavy (non-hydrogen) atoms. The molecule has 144 valence electrons. The standard InChI is InChI=1S/C20H19ClN4O2S/c1-12(18(26)24-23-10-13-6-2-4-8-15(13)21)25-11-22-19-17(20(25)27)14-7-3-5-9-16(14)28-19/h2,4,6,8,10-12H,3,5,7,9H2,1H3,(H,24,26)/b23-10-. The van der Waals surface area contributed by atoms with Crippen molar-refractivity contribution in [2.75, 3.05) is 0 Å². The summed E-state index contributed by atoms with van der Waals surface area (Å²) in [5.74, 6) is -0.393. The zero-order chi connectivity index (χ0) is 19.7.